The highest BCUT2D eigenvalue weighted by atomic mass is 19.1. The van der Waals surface area contributed by atoms with Crippen LogP contribution in [0.1, 0.15) is 24.2 Å². The molecule has 0 saturated heterocycles. The normalized spacial score (nSPS) is 12.2. The second-order valence-electron chi connectivity index (χ2n) is 4.22. The largest absolute Gasteiger partial charge is 0.456 e. The van der Waals surface area contributed by atoms with Crippen molar-refractivity contribution in [2.75, 3.05) is 0 Å². The Kier molecular flexibility index (Phi) is 3.58. The maximum Gasteiger partial charge on any atom is 0.145 e. The molecule has 0 aliphatic rings. The average molecular weight is 246 g/mol. The average Bonchev–Trinajstić information content (AvgIpc) is 2.34. The third-order valence-corrected chi connectivity index (χ3v) is 2.59. The summed E-state index contributed by atoms with van der Waals surface area (Å²) in [7, 11) is 0. The molecule has 0 bridgehead atoms. The van der Waals surface area contributed by atoms with Crippen molar-refractivity contribution < 1.29 is 9.13 Å². The number of hydrogen-bond acceptors (Lipinski definition) is 3. The van der Waals surface area contributed by atoms with Gasteiger partial charge in [0.25, 0.3) is 0 Å². The molecule has 1 aromatic heterocycles. The number of aromatic nitrogens is 1. The zero-order valence-electron chi connectivity index (χ0n) is 10.4. The van der Waals surface area contributed by atoms with Crippen molar-refractivity contribution in [3.63, 3.8) is 0 Å². The Morgan fingerprint density at radius 1 is 1.22 bits per heavy atom. The summed E-state index contributed by atoms with van der Waals surface area (Å²) in [4.78, 5) is 4.19. The summed E-state index contributed by atoms with van der Waals surface area (Å²) in [5.41, 5.74) is 7.06. The first-order chi connectivity index (χ1) is 8.56. The van der Waals surface area contributed by atoms with Gasteiger partial charge in [-0.1, -0.05) is 0 Å². The summed E-state index contributed by atoms with van der Waals surface area (Å²) in [5.74, 6) is 0.947. The molecule has 0 fully saturated rings. The highest BCUT2D eigenvalue weighted by Gasteiger charge is 2.04. The molecule has 2 rings (SSSR count). The number of rotatable bonds is 3. The number of nitrogens with zero attached hydrogens (tertiary/aromatic N) is 1. The van der Waals surface area contributed by atoms with Gasteiger partial charge in [-0.25, -0.2) is 4.39 Å². The Labute approximate surface area is 105 Å². The number of hydrogen-bond donors (Lipinski definition) is 1. The van der Waals surface area contributed by atoms with Crippen LogP contribution >= 0.6 is 0 Å². The van der Waals surface area contributed by atoms with Crippen molar-refractivity contribution >= 4 is 0 Å². The number of nitrogens with two attached hydrogens (primary N) is 1. The molecule has 0 aliphatic carbocycles. The summed E-state index contributed by atoms with van der Waals surface area (Å²) in [6.07, 6.45) is 1.61. The zero-order chi connectivity index (χ0) is 13.1. The molecule has 0 spiro atoms. The molecule has 4 heteroatoms. The van der Waals surface area contributed by atoms with Gasteiger partial charge in [0, 0.05) is 6.04 Å². The van der Waals surface area contributed by atoms with Crippen molar-refractivity contribution in [3.8, 4) is 11.5 Å². The van der Waals surface area contributed by atoms with Gasteiger partial charge in [0.05, 0.1) is 11.9 Å². The number of benzene rings is 1. The highest BCUT2D eigenvalue weighted by molar-refractivity contribution is 5.33. The van der Waals surface area contributed by atoms with Crippen LogP contribution in [0.5, 0.6) is 11.5 Å². The quantitative estimate of drug-likeness (QED) is 0.903. The predicted molar refractivity (Wildman–Crippen MR) is 68.1 cm³/mol. The molecule has 2 aromatic rings. The van der Waals surface area contributed by atoms with Gasteiger partial charge in [-0.2, -0.15) is 0 Å². The van der Waals surface area contributed by atoms with Gasteiger partial charge in [0.1, 0.15) is 17.3 Å². The van der Waals surface area contributed by atoms with E-state index in [0.29, 0.717) is 17.1 Å². The first-order valence-electron chi connectivity index (χ1n) is 5.72. The van der Waals surface area contributed by atoms with Crippen LogP contribution in [0.2, 0.25) is 0 Å². The van der Waals surface area contributed by atoms with Crippen molar-refractivity contribution in [3.05, 3.63) is 53.6 Å². The maximum atomic E-state index is 13.1. The lowest BCUT2D eigenvalue weighted by atomic mass is 10.2. The summed E-state index contributed by atoms with van der Waals surface area (Å²) in [5, 5.41) is 0. The second kappa shape index (κ2) is 5.14. The Morgan fingerprint density at radius 3 is 2.50 bits per heavy atom. The molecule has 0 saturated carbocycles. The third-order valence-electron chi connectivity index (χ3n) is 2.59. The smallest absolute Gasteiger partial charge is 0.145 e. The van der Waals surface area contributed by atoms with Crippen LogP contribution in [0.3, 0.4) is 0 Å². The number of halogens is 1. The summed E-state index contributed by atoms with van der Waals surface area (Å²) in [6, 6.07) is 8.12. The van der Waals surface area contributed by atoms with Gasteiger partial charge < -0.3 is 10.5 Å². The number of ether oxygens (including phenoxy) is 1. The van der Waals surface area contributed by atoms with Crippen molar-refractivity contribution in [1.82, 2.24) is 4.98 Å². The fraction of sp³-hybridized carbons (Fsp3) is 0.214. The first kappa shape index (κ1) is 12.5. The molecular weight excluding hydrogens is 231 g/mol. The number of pyridine rings is 1. The van der Waals surface area contributed by atoms with E-state index in [9.17, 15) is 4.39 Å². The van der Waals surface area contributed by atoms with E-state index >= 15 is 0 Å². The monoisotopic (exact) mass is 246 g/mol. The van der Waals surface area contributed by atoms with Gasteiger partial charge >= 0.3 is 0 Å². The number of aryl methyl sites for hydroxylation is 1. The van der Waals surface area contributed by atoms with E-state index in [0.717, 1.165) is 5.69 Å². The van der Waals surface area contributed by atoms with Crippen molar-refractivity contribution in [1.29, 1.82) is 0 Å². The lowest BCUT2D eigenvalue weighted by Gasteiger charge is -2.08. The predicted octanol–water partition coefficient (Wildman–Crippen LogP) is 3.34. The molecule has 2 N–H and O–H groups in total. The molecule has 0 aliphatic heterocycles. The second-order valence-corrected chi connectivity index (χ2v) is 4.22. The lowest BCUT2D eigenvalue weighted by molar-refractivity contribution is 0.476. The molecule has 1 heterocycles. The maximum absolute atomic E-state index is 13.1. The van der Waals surface area contributed by atoms with Crippen molar-refractivity contribution in [2.45, 2.75) is 19.9 Å². The van der Waals surface area contributed by atoms with E-state index in [4.69, 9.17) is 10.5 Å². The Morgan fingerprint density at radius 2 is 1.94 bits per heavy atom. The van der Waals surface area contributed by atoms with E-state index in [-0.39, 0.29) is 11.9 Å². The van der Waals surface area contributed by atoms with E-state index in [2.05, 4.69) is 4.98 Å². The molecule has 18 heavy (non-hydrogen) atoms. The molecule has 0 amide bonds. The van der Waals surface area contributed by atoms with E-state index in [1.807, 2.05) is 13.0 Å². The first-order valence-corrected chi connectivity index (χ1v) is 5.72. The minimum Gasteiger partial charge on any atom is -0.456 e. The van der Waals surface area contributed by atoms with Crippen LogP contribution < -0.4 is 10.5 Å². The van der Waals surface area contributed by atoms with Crippen LogP contribution in [-0.4, -0.2) is 4.98 Å². The molecular formula is C14H15FN2O. The fourth-order valence-electron chi connectivity index (χ4n) is 1.54. The highest BCUT2D eigenvalue weighted by Crippen LogP contribution is 2.23. The van der Waals surface area contributed by atoms with Gasteiger partial charge in [-0.3, -0.25) is 4.98 Å². The van der Waals surface area contributed by atoms with Crippen LogP contribution in [0, 0.1) is 12.7 Å². The SMILES string of the molecule is Cc1cc(Oc2ccc([C@@H](C)N)nc2)ccc1F. The van der Waals surface area contributed by atoms with Gasteiger partial charge in [0.2, 0.25) is 0 Å². The fourth-order valence-corrected chi connectivity index (χ4v) is 1.54. The van der Waals surface area contributed by atoms with E-state index in [1.165, 1.54) is 6.07 Å². The molecule has 0 unspecified atom stereocenters. The summed E-state index contributed by atoms with van der Waals surface area (Å²) < 4.78 is 18.7. The molecule has 94 valence electrons. The zero-order valence-corrected chi connectivity index (χ0v) is 10.4. The molecule has 1 aromatic carbocycles. The lowest BCUT2D eigenvalue weighted by Crippen LogP contribution is -2.06. The molecule has 1 atom stereocenters. The standard InChI is InChI=1S/C14H15FN2O/c1-9-7-11(3-5-13(9)15)18-12-4-6-14(10(2)16)17-8-12/h3-8,10H,16H2,1-2H3/t10-/m1/s1. The van der Waals surface area contributed by atoms with Crippen LogP contribution in [0.15, 0.2) is 36.5 Å². The van der Waals surface area contributed by atoms with E-state index < -0.39 is 0 Å². The summed E-state index contributed by atoms with van der Waals surface area (Å²) in [6.45, 7) is 3.56. The Bertz CT molecular complexity index is 538. The van der Waals surface area contributed by atoms with Crippen LogP contribution in [0.25, 0.3) is 0 Å². The minimum atomic E-state index is -0.243. The van der Waals surface area contributed by atoms with Crippen LogP contribution in [0.4, 0.5) is 4.39 Å². The Balaban J connectivity index is 2.15. The Hall–Kier alpha value is -1.94. The molecule has 0 radical (unpaired) electrons. The van der Waals surface area contributed by atoms with E-state index in [1.54, 1.807) is 31.3 Å². The van der Waals surface area contributed by atoms with Gasteiger partial charge in [-0.15, -0.1) is 0 Å². The molecule has 3 nitrogen and oxygen atoms in total. The summed E-state index contributed by atoms with van der Waals surface area (Å²) >= 11 is 0. The minimum absolute atomic E-state index is 0.105. The topological polar surface area (TPSA) is 48.1 Å². The van der Waals surface area contributed by atoms with Crippen LogP contribution in [-0.2, 0) is 0 Å². The van der Waals surface area contributed by atoms with Crippen molar-refractivity contribution in [2.24, 2.45) is 5.73 Å². The van der Waals surface area contributed by atoms with Gasteiger partial charge in [-0.05, 0) is 49.7 Å². The van der Waals surface area contributed by atoms with Gasteiger partial charge in [0.15, 0.2) is 0 Å². The third kappa shape index (κ3) is 2.84.